The first kappa shape index (κ1) is 28.7. The predicted octanol–water partition coefficient (Wildman–Crippen LogP) is 6.19. The molecule has 0 bridgehead atoms. The zero-order valence-corrected chi connectivity index (χ0v) is 22.3. The van der Waals surface area contributed by atoms with E-state index in [1.54, 1.807) is 25.1 Å². The van der Waals surface area contributed by atoms with Crippen LogP contribution in [0.15, 0.2) is 59.6 Å². The number of nitrogens with zero attached hydrogens (tertiary/aromatic N) is 2. The van der Waals surface area contributed by atoms with Crippen molar-refractivity contribution in [1.29, 1.82) is 0 Å². The molecule has 1 aliphatic rings. The molecule has 0 aliphatic carbocycles. The second-order valence-electron chi connectivity index (χ2n) is 9.89. The molecule has 0 amide bonds. The molecule has 2 heterocycles. The molecule has 2 N–H and O–H groups in total. The molecule has 3 atom stereocenters. The van der Waals surface area contributed by atoms with Gasteiger partial charge in [-0.25, -0.2) is 0 Å². The molecule has 4 rings (SSSR count). The molecular formula is C29H35F3N2O3S. The van der Waals surface area contributed by atoms with Crippen LogP contribution in [0.1, 0.15) is 42.9 Å². The molecule has 206 valence electrons. The molecule has 3 aromatic rings. The first-order chi connectivity index (χ1) is 18.3. The Morgan fingerprint density at radius 2 is 1.92 bits per heavy atom. The number of piperidine rings is 1. The number of ether oxygens (including phenoxy) is 1. The maximum atomic E-state index is 12.7. The average Bonchev–Trinajstić information content (AvgIpc) is 2.93. The van der Waals surface area contributed by atoms with Crippen LogP contribution in [-0.2, 0) is 6.18 Å². The summed E-state index contributed by atoms with van der Waals surface area (Å²) in [7, 11) is 1.62. The number of halogens is 3. The van der Waals surface area contributed by atoms with Gasteiger partial charge < -0.3 is 19.8 Å². The number of alkyl halides is 3. The number of aromatic nitrogens is 1. The van der Waals surface area contributed by atoms with Gasteiger partial charge in [-0.15, -0.1) is 11.8 Å². The summed E-state index contributed by atoms with van der Waals surface area (Å²) in [4.78, 5) is 7.60. The highest BCUT2D eigenvalue weighted by Crippen LogP contribution is 2.34. The van der Waals surface area contributed by atoms with E-state index in [0.717, 1.165) is 83.9 Å². The Morgan fingerprint density at radius 3 is 2.63 bits per heavy atom. The van der Waals surface area contributed by atoms with Gasteiger partial charge in [-0.1, -0.05) is 0 Å². The lowest BCUT2D eigenvalue weighted by Crippen LogP contribution is -2.42. The van der Waals surface area contributed by atoms with Crippen LogP contribution in [0.25, 0.3) is 10.9 Å². The van der Waals surface area contributed by atoms with Gasteiger partial charge in [0.2, 0.25) is 0 Å². The Morgan fingerprint density at radius 1 is 1.13 bits per heavy atom. The van der Waals surface area contributed by atoms with Crippen molar-refractivity contribution in [3.8, 4) is 5.75 Å². The van der Waals surface area contributed by atoms with Crippen molar-refractivity contribution in [2.24, 2.45) is 11.8 Å². The lowest BCUT2D eigenvalue weighted by atomic mass is 9.81. The fourth-order valence-electron chi connectivity index (χ4n) is 5.26. The molecule has 0 spiro atoms. The van der Waals surface area contributed by atoms with Crippen molar-refractivity contribution in [2.45, 2.75) is 42.9 Å². The smallest absolute Gasteiger partial charge is 0.416 e. The Hall–Kier alpha value is -2.33. The lowest BCUT2D eigenvalue weighted by molar-refractivity contribution is -0.137. The first-order valence-electron chi connectivity index (χ1n) is 13.0. The standard InChI is InChI=1S/C29H35F3N2O3S/c1-37-23-6-9-27-26(17-23)25(11-13-33-27)28(36)10-3-20-12-15-34(18-21(20)19-35)14-2-16-38-24-7-4-22(5-8-24)29(30,31)32/h4-9,11,13,17,20-21,28,35-36H,2-3,10,12,14-16,18-19H2,1H3/t20-,21-,28-/m1/s1. The number of thioether (sulfide) groups is 1. The number of pyridine rings is 1. The average molecular weight is 549 g/mol. The summed E-state index contributed by atoms with van der Waals surface area (Å²) in [6, 6.07) is 12.8. The third-order valence-corrected chi connectivity index (χ3v) is 8.53. The molecule has 38 heavy (non-hydrogen) atoms. The summed E-state index contributed by atoms with van der Waals surface area (Å²) >= 11 is 1.56. The molecular weight excluding hydrogens is 513 g/mol. The summed E-state index contributed by atoms with van der Waals surface area (Å²) < 4.78 is 43.5. The third-order valence-electron chi connectivity index (χ3n) is 7.43. The summed E-state index contributed by atoms with van der Waals surface area (Å²) in [5.74, 6) is 2.05. The van der Waals surface area contributed by atoms with Gasteiger partial charge in [-0.2, -0.15) is 13.2 Å². The molecule has 0 unspecified atom stereocenters. The minimum Gasteiger partial charge on any atom is -0.497 e. The molecule has 1 saturated heterocycles. The molecule has 0 saturated carbocycles. The molecule has 9 heteroatoms. The number of hydrogen-bond donors (Lipinski definition) is 2. The van der Waals surface area contributed by atoms with E-state index in [0.29, 0.717) is 12.3 Å². The van der Waals surface area contributed by atoms with E-state index in [-0.39, 0.29) is 12.5 Å². The van der Waals surface area contributed by atoms with Crippen molar-refractivity contribution < 1.29 is 28.1 Å². The van der Waals surface area contributed by atoms with E-state index in [9.17, 15) is 23.4 Å². The van der Waals surface area contributed by atoms with E-state index < -0.39 is 17.8 Å². The van der Waals surface area contributed by atoms with E-state index in [1.165, 1.54) is 12.1 Å². The molecule has 1 aliphatic heterocycles. The van der Waals surface area contributed by atoms with Crippen molar-refractivity contribution >= 4 is 22.7 Å². The first-order valence-corrected chi connectivity index (χ1v) is 14.0. The van der Waals surface area contributed by atoms with E-state index in [1.807, 2.05) is 24.3 Å². The van der Waals surface area contributed by atoms with Gasteiger partial charge in [-0.05, 0) is 110 Å². The minimum absolute atomic E-state index is 0.118. The lowest BCUT2D eigenvalue weighted by Gasteiger charge is -2.38. The van der Waals surface area contributed by atoms with Gasteiger partial charge in [0.25, 0.3) is 0 Å². The minimum atomic E-state index is -4.31. The Balaban J connectivity index is 1.23. The third kappa shape index (κ3) is 7.40. The van der Waals surface area contributed by atoms with Crippen LogP contribution in [0.4, 0.5) is 13.2 Å². The molecule has 1 fully saturated rings. The highest BCUT2D eigenvalue weighted by Gasteiger charge is 2.30. The molecule has 1 aromatic heterocycles. The summed E-state index contributed by atoms with van der Waals surface area (Å²) in [6.45, 7) is 2.77. The Kier molecular flexibility index (Phi) is 9.92. The van der Waals surface area contributed by atoms with Crippen molar-refractivity contribution in [3.05, 3.63) is 65.9 Å². The number of hydrogen-bond acceptors (Lipinski definition) is 6. The van der Waals surface area contributed by atoms with Crippen LogP contribution in [-0.4, -0.2) is 59.2 Å². The number of likely N-dealkylation sites (tertiary alicyclic amines) is 1. The van der Waals surface area contributed by atoms with Crippen LogP contribution in [0.3, 0.4) is 0 Å². The summed E-state index contributed by atoms with van der Waals surface area (Å²) in [5, 5.41) is 22.0. The highest BCUT2D eigenvalue weighted by atomic mass is 32.2. The zero-order chi connectivity index (χ0) is 27.1. The van der Waals surface area contributed by atoms with E-state index in [4.69, 9.17) is 4.74 Å². The van der Waals surface area contributed by atoms with Gasteiger partial charge in [-0.3, -0.25) is 4.98 Å². The number of methoxy groups -OCH3 is 1. The number of benzene rings is 2. The van der Waals surface area contributed by atoms with Gasteiger partial charge >= 0.3 is 6.18 Å². The van der Waals surface area contributed by atoms with Gasteiger partial charge in [0, 0.05) is 29.6 Å². The maximum absolute atomic E-state index is 12.7. The van der Waals surface area contributed by atoms with Crippen LogP contribution in [0, 0.1) is 11.8 Å². The fourth-order valence-corrected chi connectivity index (χ4v) is 6.09. The van der Waals surface area contributed by atoms with Gasteiger partial charge in [0.15, 0.2) is 0 Å². The summed E-state index contributed by atoms with van der Waals surface area (Å²) in [6.07, 6.45) is 0.128. The van der Waals surface area contributed by atoms with Crippen LogP contribution < -0.4 is 4.74 Å². The number of aliphatic hydroxyl groups excluding tert-OH is 2. The normalized spacial score (nSPS) is 19.5. The predicted molar refractivity (Wildman–Crippen MR) is 144 cm³/mol. The van der Waals surface area contributed by atoms with Crippen LogP contribution in [0.2, 0.25) is 0 Å². The molecule has 2 aromatic carbocycles. The van der Waals surface area contributed by atoms with Gasteiger partial charge in [0.05, 0.1) is 24.3 Å². The quantitative estimate of drug-likeness (QED) is 0.220. The highest BCUT2D eigenvalue weighted by molar-refractivity contribution is 7.99. The van der Waals surface area contributed by atoms with Crippen molar-refractivity contribution in [3.63, 3.8) is 0 Å². The van der Waals surface area contributed by atoms with Gasteiger partial charge in [0.1, 0.15) is 5.75 Å². The SMILES string of the molecule is COc1ccc2nccc([C@H](O)CC[C@@H]3CCN(CCCSc4ccc(C(F)(F)F)cc4)C[C@@H]3CO)c2c1. The molecule has 5 nitrogen and oxygen atoms in total. The van der Waals surface area contributed by atoms with Crippen molar-refractivity contribution in [1.82, 2.24) is 9.88 Å². The summed E-state index contributed by atoms with van der Waals surface area (Å²) in [5.41, 5.74) is 1.04. The molecule has 0 radical (unpaired) electrons. The van der Waals surface area contributed by atoms with Crippen LogP contribution >= 0.6 is 11.8 Å². The monoisotopic (exact) mass is 548 g/mol. The number of fused-ring (bicyclic) bond motifs is 1. The second kappa shape index (κ2) is 13.2. The second-order valence-corrected chi connectivity index (χ2v) is 11.1. The van der Waals surface area contributed by atoms with Crippen molar-refractivity contribution in [2.75, 3.05) is 39.1 Å². The van der Waals surface area contributed by atoms with E-state index >= 15 is 0 Å². The zero-order valence-electron chi connectivity index (χ0n) is 21.5. The van der Waals surface area contributed by atoms with Crippen LogP contribution in [0.5, 0.6) is 5.75 Å². The Bertz CT molecular complexity index is 1180. The maximum Gasteiger partial charge on any atom is 0.416 e. The fraction of sp³-hybridized carbons (Fsp3) is 0.483. The largest absolute Gasteiger partial charge is 0.497 e. The van der Waals surface area contributed by atoms with E-state index in [2.05, 4.69) is 9.88 Å². The topological polar surface area (TPSA) is 65.8 Å². The number of aliphatic hydroxyl groups is 2. The number of rotatable bonds is 11. The Labute approximate surface area is 226 Å².